The lowest BCUT2D eigenvalue weighted by molar-refractivity contribution is -0.134. The molecule has 0 aliphatic carbocycles. The van der Waals surface area contributed by atoms with Gasteiger partial charge in [-0.25, -0.2) is 0 Å². The third kappa shape index (κ3) is 0.525. The van der Waals surface area contributed by atoms with Gasteiger partial charge in [-0.05, 0) is 19.4 Å². The van der Waals surface area contributed by atoms with Crippen LogP contribution in [0.1, 0.15) is 12.8 Å². The minimum absolute atomic E-state index is 0.125. The van der Waals surface area contributed by atoms with Gasteiger partial charge in [-0.3, -0.25) is 4.79 Å². The van der Waals surface area contributed by atoms with Crippen molar-refractivity contribution in [2.24, 2.45) is 0 Å². The number of rotatable bonds is 0. The summed E-state index contributed by atoms with van der Waals surface area (Å²) in [6, 6.07) is 0. The molecule has 1 atom stereocenters. The minimum atomic E-state index is -0.125. The molecule has 0 unspecified atom stereocenters. The van der Waals surface area contributed by atoms with Gasteiger partial charge >= 0.3 is 0 Å². The highest BCUT2D eigenvalue weighted by Gasteiger charge is 2.47. The lowest BCUT2D eigenvalue weighted by Crippen LogP contribution is -2.69. The van der Waals surface area contributed by atoms with E-state index >= 15 is 0 Å². The van der Waals surface area contributed by atoms with E-state index in [1.807, 2.05) is 0 Å². The summed E-state index contributed by atoms with van der Waals surface area (Å²) in [4.78, 5) is 10.9. The van der Waals surface area contributed by atoms with Crippen molar-refractivity contribution in [2.45, 2.75) is 18.4 Å². The van der Waals surface area contributed by atoms with E-state index in [1.165, 1.54) is 0 Å². The molecule has 2 aliphatic heterocycles. The monoisotopic (exact) mass is 126 g/mol. The lowest BCUT2D eigenvalue weighted by Gasteiger charge is -2.37. The fourth-order valence-electron chi connectivity index (χ4n) is 1.52. The van der Waals surface area contributed by atoms with Crippen molar-refractivity contribution in [1.82, 2.24) is 10.6 Å². The molecule has 9 heavy (non-hydrogen) atoms. The van der Waals surface area contributed by atoms with E-state index in [2.05, 4.69) is 10.6 Å². The zero-order valence-electron chi connectivity index (χ0n) is 5.24. The average molecular weight is 126 g/mol. The highest BCUT2D eigenvalue weighted by molar-refractivity contribution is 5.92. The zero-order chi connectivity index (χ0) is 6.32. The van der Waals surface area contributed by atoms with Gasteiger partial charge < -0.3 is 10.6 Å². The van der Waals surface area contributed by atoms with Crippen molar-refractivity contribution >= 4 is 5.91 Å². The summed E-state index contributed by atoms with van der Waals surface area (Å²) in [6.07, 6.45) is 2.17. The first kappa shape index (κ1) is 5.23. The maximum absolute atomic E-state index is 10.9. The van der Waals surface area contributed by atoms with Crippen LogP contribution < -0.4 is 10.6 Å². The van der Waals surface area contributed by atoms with Crippen molar-refractivity contribution in [2.75, 3.05) is 13.1 Å². The predicted molar refractivity (Wildman–Crippen MR) is 33.0 cm³/mol. The van der Waals surface area contributed by atoms with Crippen LogP contribution in [0.3, 0.4) is 0 Å². The maximum Gasteiger partial charge on any atom is 0.242 e. The first-order valence-electron chi connectivity index (χ1n) is 3.37. The number of hydrogen-bond acceptors (Lipinski definition) is 2. The third-order valence-corrected chi connectivity index (χ3v) is 2.23. The van der Waals surface area contributed by atoms with Gasteiger partial charge in [0.15, 0.2) is 0 Å². The number of carbonyl (C=O) groups is 1. The van der Waals surface area contributed by atoms with Crippen LogP contribution in [0.5, 0.6) is 0 Å². The van der Waals surface area contributed by atoms with Crippen LogP contribution in [0.2, 0.25) is 0 Å². The minimum Gasteiger partial charge on any atom is -0.352 e. The Bertz CT molecular complexity index is 149. The molecule has 0 aromatic carbocycles. The molecular weight excluding hydrogens is 116 g/mol. The van der Waals surface area contributed by atoms with Gasteiger partial charge in [-0.15, -0.1) is 0 Å². The number of hydrogen-bond donors (Lipinski definition) is 2. The van der Waals surface area contributed by atoms with E-state index < -0.39 is 0 Å². The molecule has 2 N–H and O–H groups in total. The lowest BCUT2D eigenvalue weighted by atomic mass is 9.90. The predicted octanol–water partition coefficient (Wildman–Crippen LogP) is -0.762. The normalized spacial score (nSPS) is 40.7. The van der Waals surface area contributed by atoms with Crippen molar-refractivity contribution in [3.8, 4) is 0 Å². The quantitative estimate of drug-likeness (QED) is 0.419. The summed E-state index contributed by atoms with van der Waals surface area (Å²) in [5.74, 6) is 0.194. The van der Waals surface area contributed by atoms with Gasteiger partial charge in [0, 0.05) is 6.54 Å². The second-order valence-electron chi connectivity index (χ2n) is 2.80. The highest BCUT2D eigenvalue weighted by atomic mass is 16.2. The van der Waals surface area contributed by atoms with Crippen molar-refractivity contribution < 1.29 is 4.79 Å². The first-order chi connectivity index (χ1) is 4.33. The van der Waals surface area contributed by atoms with Crippen LogP contribution in [-0.2, 0) is 4.79 Å². The topological polar surface area (TPSA) is 41.1 Å². The molecule has 2 aliphatic rings. The largest absolute Gasteiger partial charge is 0.352 e. The van der Waals surface area contributed by atoms with Crippen LogP contribution in [0.25, 0.3) is 0 Å². The molecule has 0 bridgehead atoms. The number of nitrogens with one attached hydrogen (secondary N) is 2. The average Bonchev–Trinajstić information content (AvgIpc) is 2.34. The smallest absolute Gasteiger partial charge is 0.242 e. The van der Waals surface area contributed by atoms with Crippen LogP contribution >= 0.6 is 0 Å². The summed E-state index contributed by atoms with van der Waals surface area (Å²) in [5.41, 5.74) is -0.125. The Labute approximate surface area is 53.8 Å². The SMILES string of the molecule is O=C1NC[C@]12CCCN2. The molecule has 0 aromatic heterocycles. The second kappa shape index (κ2) is 1.48. The van der Waals surface area contributed by atoms with Crippen LogP contribution in [0.4, 0.5) is 0 Å². The van der Waals surface area contributed by atoms with Crippen LogP contribution in [0, 0.1) is 0 Å². The van der Waals surface area contributed by atoms with Gasteiger partial charge in [0.25, 0.3) is 0 Å². The number of amides is 1. The van der Waals surface area contributed by atoms with E-state index in [0.717, 1.165) is 25.9 Å². The highest BCUT2D eigenvalue weighted by Crippen LogP contribution is 2.23. The fraction of sp³-hybridized carbons (Fsp3) is 0.833. The van der Waals surface area contributed by atoms with E-state index in [4.69, 9.17) is 0 Å². The molecule has 2 saturated heterocycles. The fourth-order valence-corrected chi connectivity index (χ4v) is 1.52. The standard InChI is InChI=1S/C6H10N2O/c9-5-6(4-7-5)2-1-3-8-6/h8H,1-4H2,(H,7,9)/t6-/m1/s1. The molecule has 3 nitrogen and oxygen atoms in total. The van der Waals surface area contributed by atoms with Gasteiger partial charge in [-0.2, -0.15) is 0 Å². The summed E-state index contributed by atoms with van der Waals surface area (Å²) < 4.78 is 0. The van der Waals surface area contributed by atoms with Crippen molar-refractivity contribution in [3.63, 3.8) is 0 Å². The number of β-lactam (4-membered cyclic amide) rings is 1. The molecule has 3 heteroatoms. The molecular formula is C6H10N2O. The van der Waals surface area contributed by atoms with E-state index in [-0.39, 0.29) is 11.4 Å². The van der Waals surface area contributed by atoms with Crippen molar-refractivity contribution in [1.29, 1.82) is 0 Å². The molecule has 2 rings (SSSR count). The Morgan fingerprint density at radius 2 is 2.44 bits per heavy atom. The second-order valence-corrected chi connectivity index (χ2v) is 2.80. The summed E-state index contributed by atoms with van der Waals surface area (Å²) in [7, 11) is 0. The zero-order valence-corrected chi connectivity index (χ0v) is 5.24. The molecule has 0 aromatic rings. The molecule has 50 valence electrons. The summed E-state index contributed by atoms with van der Waals surface area (Å²) >= 11 is 0. The van der Waals surface area contributed by atoms with Gasteiger partial charge in [-0.1, -0.05) is 0 Å². The van der Waals surface area contributed by atoms with Crippen molar-refractivity contribution in [3.05, 3.63) is 0 Å². The Morgan fingerprint density at radius 3 is 2.67 bits per heavy atom. The molecule has 2 fully saturated rings. The first-order valence-corrected chi connectivity index (χ1v) is 3.37. The summed E-state index contributed by atoms with van der Waals surface area (Å²) in [6.45, 7) is 1.85. The molecule has 0 radical (unpaired) electrons. The van der Waals surface area contributed by atoms with Crippen LogP contribution in [0.15, 0.2) is 0 Å². The Hall–Kier alpha value is -0.570. The number of carbonyl (C=O) groups excluding carboxylic acids is 1. The molecule has 1 spiro atoms. The summed E-state index contributed by atoms with van der Waals surface area (Å²) in [5, 5.41) is 5.95. The Morgan fingerprint density at radius 1 is 1.56 bits per heavy atom. The van der Waals surface area contributed by atoms with Gasteiger partial charge in [0.2, 0.25) is 5.91 Å². The Kier molecular flexibility index (Phi) is 0.858. The van der Waals surface area contributed by atoms with E-state index in [1.54, 1.807) is 0 Å². The van der Waals surface area contributed by atoms with Gasteiger partial charge in [0.05, 0.1) is 0 Å². The van der Waals surface area contributed by atoms with E-state index in [9.17, 15) is 4.79 Å². The van der Waals surface area contributed by atoms with Gasteiger partial charge in [0.1, 0.15) is 5.54 Å². The molecule has 2 heterocycles. The van der Waals surface area contributed by atoms with E-state index in [0.29, 0.717) is 0 Å². The van der Waals surface area contributed by atoms with Crippen LogP contribution in [-0.4, -0.2) is 24.5 Å². The molecule has 0 saturated carbocycles. The maximum atomic E-state index is 10.9. The third-order valence-electron chi connectivity index (χ3n) is 2.23. The Balaban J connectivity index is 2.14. The molecule has 1 amide bonds.